The molecule has 0 radical (unpaired) electrons. The quantitative estimate of drug-likeness (QED) is 0.481. The van der Waals surface area contributed by atoms with Crippen molar-refractivity contribution >= 4 is 21.6 Å². The third-order valence-electron chi connectivity index (χ3n) is 5.45. The molecule has 6 heteroatoms. The molecule has 0 fully saturated rings. The minimum atomic E-state index is -3.52. The molecule has 0 aromatic heterocycles. The second-order valence-corrected chi connectivity index (χ2v) is 10.6. The van der Waals surface area contributed by atoms with Gasteiger partial charge in [-0.15, -0.1) is 11.8 Å². The van der Waals surface area contributed by atoms with Crippen molar-refractivity contribution in [2.24, 2.45) is 0 Å². The predicted molar refractivity (Wildman–Crippen MR) is 120 cm³/mol. The topological polar surface area (TPSA) is 52.6 Å². The first-order chi connectivity index (χ1) is 14.6. The van der Waals surface area contributed by atoms with Crippen molar-refractivity contribution in [2.75, 3.05) is 14.2 Å². The molecule has 0 spiro atoms. The highest BCUT2D eigenvalue weighted by Gasteiger charge is 2.39. The number of rotatable bonds is 6. The van der Waals surface area contributed by atoms with Crippen LogP contribution >= 0.6 is 11.8 Å². The Hall–Kier alpha value is -2.44. The van der Waals surface area contributed by atoms with Crippen LogP contribution in [0.1, 0.15) is 34.5 Å². The first-order valence-corrected chi connectivity index (χ1v) is 12.2. The zero-order chi connectivity index (χ0) is 21.1. The lowest BCUT2D eigenvalue weighted by Crippen LogP contribution is -2.21. The van der Waals surface area contributed by atoms with Crippen LogP contribution in [0.2, 0.25) is 0 Å². The largest absolute Gasteiger partial charge is 0.493 e. The Morgan fingerprint density at radius 3 is 2.13 bits per heavy atom. The summed E-state index contributed by atoms with van der Waals surface area (Å²) in [5.74, 6) is 1.24. The average Bonchev–Trinajstić information content (AvgIpc) is 2.79. The van der Waals surface area contributed by atoms with Crippen LogP contribution < -0.4 is 9.47 Å². The molecular weight excluding hydrogens is 416 g/mol. The first kappa shape index (κ1) is 20.8. The molecule has 3 aromatic rings. The summed E-state index contributed by atoms with van der Waals surface area (Å²) >= 11 is 1.73. The van der Waals surface area contributed by atoms with E-state index in [1.54, 1.807) is 56.3 Å². The fourth-order valence-electron chi connectivity index (χ4n) is 4.06. The third-order valence-corrected chi connectivity index (χ3v) is 8.91. The third kappa shape index (κ3) is 3.82. The number of hydrogen-bond acceptors (Lipinski definition) is 5. The molecule has 0 aliphatic heterocycles. The Balaban J connectivity index is 1.84. The van der Waals surface area contributed by atoms with Crippen LogP contribution in [0, 0.1) is 0 Å². The summed E-state index contributed by atoms with van der Waals surface area (Å²) in [7, 11) is -0.311. The van der Waals surface area contributed by atoms with Gasteiger partial charge in [0.1, 0.15) is 0 Å². The molecular formula is C24H24O4S2. The Morgan fingerprint density at radius 2 is 1.50 bits per heavy atom. The fourth-order valence-corrected chi connectivity index (χ4v) is 7.17. The van der Waals surface area contributed by atoms with Gasteiger partial charge in [0.2, 0.25) is 0 Å². The summed E-state index contributed by atoms with van der Waals surface area (Å²) in [5.41, 5.74) is 1.72. The lowest BCUT2D eigenvalue weighted by atomic mass is 9.89. The maximum Gasteiger partial charge on any atom is 0.185 e. The molecule has 4 nitrogen and oxygen atoms in total. The highest BCUT2D eigenvalue weighted by molar-refractivity contribution is 7.99. The first-order valence-electron chi connectivity index (χ1n) is 9.81. The second-order valence-electron chi connectivity index (χ2n) is 7.15. The fraction of sp³-hybridized carbons (Fsp3) is 0.250. The SMILES string of the molecule is COc1ccc2c(c1OC)C(Sc1ccccc1)CCC2S(=O)(=O)c1ccccc1. The van der Waals surface area contributed by atoms with E-state index in [1.807, 2.05) is 30.3 Å². The van der Waals surface area contributed by atoms with E-state index in [-0.39, 0.29) is 5.25 Å². The normalized spacial score (nSPS) is 18.5. The lowest BCUT2D eigenvalue weighted by Gasteiger charge is -2.33. The van der Waals surface area contributed by atoms with Gasteiger partial charge in [-0.3, -0.25) is 0 Å². The second kappa shape index (κ2) is 8.74. The molecule has 0 saturated heterocycles. The monoisotopic (exact) mass is 440 g/mol. The van der Waals surface area contributed by atoms with Gasteiger partial charge in [-0.1, -0.05) is 42.5 Å². The molecule has 0 N–H and O–H groups in total. The van der Waals surface area contributed by atoms with Crippen LogP contribution in [0.4, 0.5) is 0 Å². The van der Waals surface area contributed by atoms with Crippen LogP contribution in [0.15, 0.2) is 82.6 Å². The van der Waals surface area contributed by atoms with Crippen LogP contribution in [0.5, 0.6) is 11.5 Å². The minimum Gasteiger partial charge on any atom is -0.493 e. The van der Waals surface area contributed by atoms with Crippen molar-refractivity contribution in [3.05, 3.63) is 83.9 Å². The van der Waals surface area contributed by atoms with Gasteiger partial charge in [-0.05, 0) is 48.7 Å². The van der Waals surface area contributed by atoms with Gasteiger partial charge in [0, 0.05) is 15.7 Å². The standard InChI is InChI=1S/C24H24O4S2/c1-27-20-14-13-19-22(30(25,26)18-11-7-4-8-12-18)16-15-21(23(19)24(20)28-2)29-17-9-5-3-6-10-17/h3-14,21-22H,15-16H2,1-2H3. The Kier molecular flexibility index (Phi) is 6.06. The Bertz CT molecular complexity index is 1110. The van der Waals surface area contributed by atoms with Crippen molar-refractivity contribution in [3.63, 3.8) is 0 Å². The van der Waals surface area contributed by atoms with E-state index < -0.39 is 15.1 Å². The summed E-state index contributed by atoms with van der Waals surface area (Å²) in [6.45, 7) is 0. The van der Waals surface area contributed by atoms with Crippen molar-refractivity contribution < 1.29 is 17.9 Å². The van der Waals surface area contributed by atoms with Gasteiger partial charge < -0.3 is 9.47 Å². The van der Waals surface area contributed by atoms with E-state index in [4.69, 9.17) is 9.47 Å². The van der Waals surface area contributed by atoms with Crippen molar-refractivity contribution in [1.82, 2.24) is 0 Å². The smallest absolute Gasteiger partial charge is 0.185 e. The maximum absolute atomic E-state index is 13.5. The predicted octanol–water partition coefficient (Wildman–Crippen LogP) is 5.85. The lowest BCUT2D eigenvalue weighted by molar-refractivity contribution is 0.349. The minimum absolute atomic E-state index is 0.0784. The molecule has 0 amide bonds. The Morgan fingerprint density at radius 1 is 0.833 bits per heavy atom. The van der Waals surface area contributed by atoms with Gasteiger partial charge in [0.25, 0.3) is 0 Å². The zero-order valence-electron chi connectivity index (χ0n) is 16.9. The summed E-state index contributed by atoms with van der Waals surface area (Å²) in [4.78, 5) is 1.49. The molecule has 0 bridgehead atoms. The molecule has 1 aliphatic rings. The molecule has 1 aliphatic carbocycles. The molecule has 4 rings (SSSR count). The summed E-state index contributed by atoms with van der Waals surface area (Å²) in [6, 6.07) is 22.5. The number of hydrogen-bond donors (Lipinski definition) is 0. The van der Waals surface area contributed by atoms with Crippen molar-refractivity contribution in [1.29, 1.82) is 0 Å². The van der Waals surface area contributed by atoms with Gasteiger partial charge >= 0.3 is 0 Å². The highest BCUT2D eigenvalue weighted by atomic mass is 32.2. The average molecular weight is 441 g/mol. The summed E-state index contributed by atoms with van der Waals surface area (Å²) in [5, 5.41) is -0.531. The molecule has 2 unspecified atom stereocenters. The zero-order valence-corrected chi connectivity index (χ0v) is 18.6. The van der Waals surface area contributed by atoms with Crippen LogP contribution in [0.3, 0.4) is 0 Å². The van der Waals surface area contributed by atoms with E-state index >= 15 is 0 Å². The number of ether oxygens (including phenoxy) is 2. The Labute approximate surface area is 182 Å². The van der Waals surface area contributed by atoms with E-state index in [2.05, 4.69) is 12.1 Å². The van der Waals surface area contributed by atoms with Gasteiger partial charge in [-0.2, -0.15) is 0 Å². The van der Waals surface area contributed by atoms with Gasteiger partial charge in [0.05, 0.1) is 24.4 Å². The number of sulfone groups is 1. The molecule has 156 valence electrons. The van der Waals surface area contributed by atoms with E-state index in [0.717, 1.165) is 22.4 Å². The molecule has 0 heterocycles. The van der Waals surface area contributed by atoms with E-state index in [1.165, 1.54) is 0 Å². The highest BCUT2D eigenvalue weighted by Crippen LogP contribution is 2.54. The molecule has 0 saturated carbocycles. The summed E-state index contributed by atoms with van der Waals surface area (Å²) < 4.78 is 38.2. The van der Waals surface area contributed by atoms with Crippen LogP contribution in [0.25, 0.3) is 0 Å². The van der Waals surface area contributed by atoms with Crippen molar-refractivity contribution in [3.8, 4) is 11.5 Å². The van der Waals surface area contributed by atoms with Crippen molar-refractivity contribution in [2.45, 2.75) is 33.1 Å². The van der Waals surface area contributed by atoms with Gasteiger partial charge in [-0.25, -0.2) is 8.42 Å². The molecule has 30 heavy (non-hydrogen) atoms. The molecule has 3 aromatic carbocycles. The number of methoxy groups -OCH3 is 2. The number of fused-ring (bicyclic) bond motifs is 1. The van der Waals surface area contributed by atoms with E-state index in [0.29, 0.717) is 22.8 Å². The van der Waals surface area contributed by atoms with Gasteiger partial charge in [0.15, 0.2) is 21.3 Å². The summed E-state index contributed by atoms with van der Waals surface area (Å²) in [6.07, 6.45) is 1.29. The maximum atomic E-state index is 13.5. The number of benzene rings is 3. The van der Waals surface area contributed by atoms with Crippen LogP contribution in [-0.2, 0) is 9.84 Å². The number of thioether (sulfide) groups is 1. The molecule has 2 atom stereocenters. The van der Waals surface area contributed by atoms with Crippen LogP contribution in [-0.4, -0.2) is 22.6 Å². The van der Waals surface area contributed by atoms with E-state index in [9.17, 15) is 8.42 Å².